The fourth-order valence-corrected chi connectivity index (χ4v) is 3.03. The number of aryl methyl sites for hydroxylation is 1. The highest BCUT2D eigenvalue weighted by Gasteiger charge is 2.24. The topological polar surface area (TPSA) is 46.3 Å². The van der Waals surface area contributed by atoms with Crippen LogP contribution >= 0.6 is 27.5 Å². The number of hydrogen-bond donors (Lipinski definition) is 1. The van der Waals surface area contributed by atoms with Crippen molar-refractivity contribution in [3.8, 4) is 0 Å². The van der Waals surface area contributed by atoms with Crippen LogP contribution in [0.15, 0.2) is 22.7 Å². The Morgan fingerprint density at radius 2 is 2.32 bits per heavy atom. The summed E-state index contributed by atoms with van der Waals surface area (Å²) >= 11 is 9.45. The van der Waals surface area contributed by atoms with Gasteiger partial charge in [-0.2, -0.15) is 0 Å². The van der Waals surface area contributed by atoms with Gasteiger partial charge < -0.3 is 10.6 Å². The number of carbonyl (C=O) groups excluding carboxylic acids is 1. The van der Waals surface area contributed by atoms with E-state index in [1.165, 1.54) is 0 Å². The summed E-state index contributed by atoms with van der Waals surface area (Å²) in [5, 5.41) is 0.704. The Hall–Kier alpha value is -0.580. The average molecular weight is 346 g/mol. The molecule has 2 N–H and O–H groups in total. The van der Waals surface area contributed by atoms with Crippen LogP contribution in [0.4, 0.5) is 0 Å². The lowest BCUT2D eigenvalue weighted by Crippen LogP contribution is -2.30. The Bertz CT molecular complexity index is 467. The third kappa shape index (κ3) is 3.94. The lowest BCUT2D eigenvalue weighted by Gasteiger charge is -2.16. The monoisotopic (exact) mass is 344 g/mol. The van der Waals surface area contributed by atoms with Gasteiger partial charge in [-0.25, -0.2) is 0 Å². The minimum absolute atomic E-state index is 0.211. The molecular formula is C14H18BrClN2O. The summed E-state index contributed by atoms with van der Waals surface area (Å²) in [4.78, 5) is 14.0. The number of hydrogen-bond acceptors (Lipinski definition) is 2. The molecular weight excluding hydrogens is 328 g/mol. The predicted octanol–water partition coefficient (Wildman–Crippen LogP) is 2.84. The van der Waals surface area contributed by atoms with Gasteiger partial charge in [0, 0.05) is 29.0 Å². The molecule has 1 aromatic rings. The van der Waals surface area contributed by atoms with Gasteiger partial charge >= 0.3 is 0 Å². The number of amides is 1. The Kier molecular flexibility index (Phi) is 5.25. The van der Waals surface area contributed by atoms with Crippen molar-refractivity contribution in [2.75, 3.05) is 19.6 Å². The Labute approximate surface area is 127 Å². The molecule has 19 heavy (non-hydrogen) atoms. The van der Waals surface area contributed by atoms with E-state index < -0.39 is 0 Å². The second-order valence-electron chi connectivity index (χ2n) is 4.97. The van der Waals surface area contributed by atoms with Gasteiger partial charge in [0.25, 0.3) is 0 Å². The molecule has 104 valence electrons. The van der Waals surface area contributed by atoms with Gasteiger partial charge in [-0.3, -0.25) is 4.79 Å². The van der Waals surface area contributed by atoms with Crippen molar-refractivity contribution in [1.82, 2.24) is 4.90 Å². The highest BCUT2D eigenvalue weighted by molar-refractivity contribution is 9.10. The van der Waals surface area contributed by atoms with Gasteiger partial charge in [-0.1, -0.05) is 27.5 Å². The smallest absolute Gasteiger partial charge is 0.222 e. The molecule has 0 saturated carbocycles. The zero-order valence-corrected chi connectivity index (χ0v) is 13.1. The van der Waals surface area contributed by atoms with E-state index >= 15 is 0 Å². The average Bonchev–Trinajstić information content (AvgIpc) is 2.88. The molecule has 1 fully saturated rings. The van der Waals surface area contributed by atoms with Gasteiger partial charge in [-0.15, -0.1) is 0 Å². The van der Waals surface area contributed by atoms with Crippen LogP contribution in [0.3, 0.4) is 0 Å². The Balaban J connectivity index is 1.88. The molecule has 2 rings (SSSR count). The minimum Gasteiger partial charge on any atom is -0.342 e. The first kappa shape index (κ1) is 14.8. The summed E-state index contributed by atoms with van der Waals surface area (Å²) in [6.07, 6.45) is 2.27. The second kappa shape index (κ2) is 6.73. The summed E-state index contributed by atoms with van der Waals surface area (Å²) in [5.41, 5.74) is 6.72. The van der Waals surface area contributed by atoms with E-state index in [9.17, 15) is 4.79 Å². The summed E-state index contributed by atoms with van der Waals surface area (Å²) in [6.45, 7) is 2.33. The number of carbonyl (C=O) groups is 1. The normalized spacial score (nSPS) is 18.9. The number of halogens is 2. The third-order valence-electron chi connectivity index (χ3n) is 3.59. The van der Waals surface area contributed by atoms with E-state index in [4.69, 9.17) is 17.3 Å². The SMILES string of the molecule is NC[C@@H]1CCN(C(=O)CCc2cc(Cl)ccc2Br)C1. The fourth-order valence-electron chi connectivity index (χ4n) is 2.39. The largest absolute Gasteiger partial charge is 0.342 e. The molecule has 5 heteroatoms. The van der Waals surface area contributed by atoms with Crippen molar-refractivity contribution in [3.63, 3.8) is 0 Å². The third-order valence-corrected chi connectivity index (χ3v) is 4.60. The molecule has 0 unspecified atom stereocenters. The first-order valence-corrected chi connectivity index (χ1v) is 7.69. The van der Waals surface area contributed by atoms with E-state index in [0.717, 1.165) is 29.5 Å². The molecule has 0 bridgehead atoms. The first-order valence-electron chi connectivity index (χ1n) is 6.52. The molecule has 3 nitrogen and oxygen atoms in total. The van der Waals surface area contributed by atoms with E-state index in [2.05, 4.69) is 15.9 Å². The Morgan fingerprint density at radius 1 is 1.53 bits per heavy atom. The lowest BCUT2D eigenvalue weighted by molar-refractivity contribution is -0.130. The van der Waals surface area contributed by atoms with Crippen LogP contribution < -0.4 is 5.73 Å². The maximum atomic E-state index is 12.1. The number of nitrogens with two attached hydrogens (primary N) is 1. The highest BCUT2D eigenvalue weighted by Crippen LogP contribution is 2.23. The second-order valence-corrected chi connectivity index (χ2v) is 6.26. The Morgan fingerprint density at radius 3 is 3.00 bits per heavy atom. The maximum Gasteiger partial charge on any atom is 0.222 e. The van der Waals surface area contributed by atoms with Crippen molar-refractivity contribution >= 4 is 33.4 Å². The van der Waals surface area contributed by atoms with Crippen LogP contribution in [0, 0.1) is 5.92 Å². The quantitative estimate of drug-likeness (QED) is 0.912. The first-order chi connectivity index (χ1) is 9.10. The summed E-state index contributed by atoms with van der Waals surface area (Å²) in [6, 6.07) is 5.66. The van der Waals surface area contributed by atoms with Gasteiger partial charge in [0.15, 0.2) is 0 Å². The molecule has 1 heterocycles. The molecule has 0 spiro atoms. The van der Waals surface area contributed by atoms with E-state index in [1.54, 1.807) is 0 Å². The van der Waals surface area contributed by atoms with E-state index in [1.807, 2.05) is 23.1 Å². The van der Waals surface area contributed by atoms with Gasteiger partial charge in [0.1, 0.15) is 0 Å². The van der Waals surface area contributed by atoms with Gasteiger partial charge in [0.2, 0.25) is 5.91 Å². The predicted molar refractivity (Wildman–Crippen MR) is 81.2 cm³/mol. The van der Waals surface area contributed by atoms with Gasteiger partial charge in [0.05, 0.1) is 0 Å². The lowest BCUT2D eigenvalue weighted by atomic mass is 10.1. The number of likely N-dealkylation sites (tertiary alicyclic amines) is 1. The summed E-state index contributed by atoms with van der Waals surface area (Å²) in [7, 11) is 0. The van der Waals surface area contributed by atoms with E-state index in [0.29, 0.717) is 30.3 Å². The van der Waals surface area contributed by atoms with Crippen LogP contribution in [0.2, 0.25) is 5.02 Å². The number of benzene rings is 1. The fraction of sp³-hybridized carbons (Fsp3) is 0.500. The maximum absolute atomic E-state index is 12.1. The summed E-state index contributed by atoms with van der Waals surface area (Å²) < 4.78 is 1.01. The molecule has 1 aliphatic heterocycles. The van der Waals surface area contributed by atoms with Gasteiger partial charge in [-0.05, 0) is 49.1 Å². The van der Waals surface area contributed by atoms with Crippen molar-refractivity contribution in [2.45, 2.75) is 19.3 Å². The molecule has 0 aliphatic carbocycles. The summed E-state index contributed by atoms with van der Waals surface area (Å²) in [5.74, 6) is 0.685. The molecule has 1 saturated heterocycles. The molecule has 1 aromatic carbocycles. The number of nitrogens with zero attached hydrogens (tertiary/aromatic N) is 1. The minimum atomic E-state index is 0.211. The highest BCUT2D eigenvalue weighted by atomic mass is 79.9. The van der Waals surface area contributed by atoms with Crippen LogP contribution in [-0.4, -0.2) is 30.4 Å². The van der Waals surface area contributed by atoms with Crippen molar-refractivity contribution in [2.24, 2.45) is 11.7 Å². The molecule has 1 atom stereocenters. The number of rotatable bonds is 4. The molecule has 1 amide bonds. The zero-order valence-electron chi connectivity index (χ0n) is 10.7. The van der Waals surface area contributed by atoms with Crippen molar-refractivity contribution < 1.29 is 4.79 Å². The van der Waals surface area contributed by atoms with E-state index in [-0.39, 0.29) is 5.91 Å². The van der Waals surface area contributed by atoms with Crippen LogP contribution in [0.5, 0.6) is 0 Å². The van der Waals surface area contributed by atoms with Crippen LogP contribution in [0.25, 0.3) is 0 Å². The molecule has 1 aliphatic rings. The zero-order chi connectivity index (χ0) is 13.8. The van der Waals surface area contributed by atoms with Crippen LogP contribution in [0.1, 0.15) is 18.4 Å². The standard InChI is InChI=1S/C14H18BrClN2O/c15-13-3-2-12(16)7-11(13)1-4-14(19)18-6-5-10(8-17)9-18/h2-3,7,10H,1,4-6,8-9,17H2/t10-/m0/s1. The molecule has 0 aromatic heterocycles. The van der Waals surface area contributed by atoms with Crippen LogP contribution in [-0.2, 0) is 11.2 Å². The molecule has 0 radical (unpaired) electrons. The van der Waals surface area contributed by atoms with Crippen molar-refractivity contribution in [3.05, 3.63) is 33.3 Å². The van der Waals surface area contributed by atoms with Crippen molar-refractivity contribution in [1.29, 1.82) is 0 Å².